The number of aromatic amines is 1. The highest BCUT2D eigenvalue weighted by atomic mass is 31.1. The molecule has 1 fully saturated rings. The third kappa shape index (κ3) is 8.10. The minimum Gasteiger partial charge on any atom is -0.497 e. The smallest absolute Gasteiger partial charge is 0.368 e. The van der Waals surface area contributed by atoms with Gasteiger partial charge in [0.05, 0.1) is 33.3 Å². The van der Waals surface area contributed by atoms with E-state index in [1.54, 1.807) is 52.3 Å². The molecule has 0 spiro atoms. The number of benzene rings is 4. The van der Waals surface area contributed by atoms with Crippen LogP contribution in [0.5, 0.6) is 17.2 Å². The number of hydrogen-bond donors (Lipinski definition) is 2. The number of imidazole rings is 1. The first-order valence-electron chi connectivity index (χ1n) is 18.0. The Bertz CT molecular complexity index is 2290. The maximum atomic E-state index is 13.4. The van der Waals surface area contributed by atoms with Gasteiger partial charge in [0.15, 0.2) is 17.4 Å². The van der Waals surface area contributed by atoms with Gasteiger partial charge in [0.1, 0.15) is 29.0 Å². The van der Waals surface area contributed by atoms with Crippen molar-refractivity contribution in [3.05, 3.63) is 143 Å². The van der Waals surface area contributed by atoms with Crippen LogP contribution in [-0.4, -0.2) is 58.5 Å². The summed E-state index contributed by atoms with van der Waals surface area (Å²) in [6.45, 7) is 3.49. The van der Waals surface area contributed by atoms with E-state index in [9.17, 15) is 14.2 Å². The lowest BCUT2D eigenvalue weighted by Crippen LogP contribution is -2.35. The molecule has 0 radical (unpaired) electrons. The zero-order valence-corrected chi connectivity index (χ0v) is 32.2. The number of methoxy groups -OCH3 is 2. The van der Waals surface area contributed by atoms with Crippen molar-refractivity contribution in [1.29, 1.82) is 0 Å². The number of amides is 1. The quantitative estimate of drug-likeness (QED) is 0.0825. The molecule has 1 unspecified atom stereocenters. The Balaban J connectivity index is 1.26. The van der Waals surface area contributed by atoms with Crippen molar-refractivity contribution in [2.45, 2.75) is 44.3 Å². The molecule has 2 aromatic heterocycles. The fourth-order valence-corrected chi connectivity index (χ4v) is 7.47. The van der Waals surface area contributed by atoms with Crippen LogP contribution >= 0.6 is 8.25 Å². The topological polar surface area (TPSA) is 165 Å². The molecule has 1 aliphatic rings. The fraction of sp³-hybridized carbons (Fsp3) is 0.268. The summed E-state index contributed by atoms with van der Waals surface area (Å²) in [6, 6.07) is 33.9. The highest BCUT2D eigenvalue weighted by Gasteiger charge is 2.43. The Hall–Kier alpha value is -5.79. The van der Waals surface area contributed by atoms with Gasteiger partial charge in [-0.25, -0.2) is 9.55 Å². The molecule has 7 rings (SSSR count). The summed E-state index contributed by atoms with van der Waals surface area (Å²) in [5.74, 6) is 1.01. The molecule has 15 heteroatoms. The van der Waals surface area contributed by atoms with Gasteiger partial charge in [0, 0.05) is 12.3 Å². The third-order valence-corrected chi connectivity index (χ3v) is 10.4. The Kier molecular flexibility index (Phi) is 11.6. The molecular formula is C41H42N5O9P. The average Bonchev–Trinajstić information content (AvgIpc) is 3.83. The van der Waals surface area contributed by atoms with Crippen LogP contribution in [0.4, 0.5) is 5.95 Å². The Morgan fingerprint density at radius 2 is 1.48 bits per heavy atom. The van der Waals surface area contributed by atoms with Crippen LogP contribution in [0.1, 0.15) is 43.2 Å². The Morgan fingerprint density at radius 1 is 0.893 bits per heavy atom. The predicted molar refractivity (Wildman–Crippen MR) is 209 cm³/mol. The summed E-state index contributed by atoms with van der Waals surface area (Å²) < 4.78 is 51.5. The first kappa shape index (κ1) is 38.5. The molecule has 290 valence electrons. The van der Waals surface area contributed by atoms with E-state index in [4.69, 9.17) is 28.0 Å². The lowest BCUT2D eigenvalue weighted by atomic mass is 9.80. The van der Waals surface area contributed by atoms with Crippen molar-refractivity contribution in [3.8, 4) is 17.2 Å². The number of ether oxygens (including phenoxy) is 4. The summed E-state index contributed by atoms with van der Waals surface area (Å²) in [4.78, 5) is 37.0. The second-order valence-corrected chi connectivity index (χ2v) is 14.3. The first-order valence-corrected chi connectivity index (χ1v) is 19.3. The Labute approximate surface area is 323 Å². The van der Waals surface area contributed by atoms with Crippen molar-refractivity contribution in [2.75, 3.05) is 26.1 Å². The van der Waals surface area contributed by atoms with E-state index in [-0.39, 0.29) is 42.0 Å². The number of rotatable bonds is 15. The second-order valence-electron chi connectivity index (χ2n) is 13.4. The molecule has 2 N–H and O–H groups in total. The zero-order valence-electron chi connectivity index (χ0n) is 31.2. The summed E-state index contributed by atoms with van der Waals surface area (Å²) in [7, 11) is 0.106. The van der Waals surface area contributed by atoms with Gasteiger partial charge in [-0.1, -0.05) is 86.6 Å². The van der Waals surface area contributed by atoms with E-state index in [2.05, 4.69) is 20.3 Å². The van der Waals surface area contributed by atoms with Crippen LogP contribution in [0.15, 0.2) is 120 Å². The summed E-state index contributed by atoms with van der Waals surface area (Å²) >= 11 is 0. The van der Waals surface area contributed by atoms with Gasteiger partial charge in [-0.2, -0.15) is 4.98 Å². The molecule has 56 heavy (non-hydrogen) atoms. The van der Waals surface area contributed by atoms with Crippen molar-refractivity contribution < 1.29 is 37.4 Å². The highest BCUT2D eigenvalue weighted by molar-refractivity contribution is 7.33. The first-order chi connectivity index (χ1) is 27.2. The van der Waals surface area contributed by atoms with E-state index >= 15 is 0 Å². The number of nitrogens with one attached hydrogen (secondary N) is 2. The molecule has 0 aliphatic carbocycles. The molecule has 1 saturated heterocycles. The largest absolute Gasteiger partial charge is 0.497 e. The molecule has 3 heterocycles. The van der Waals surface area contributed by atoms with Crippen LogP contribution in [0, 0.1) is 5.92 Å². The van der Waals surface area contributed by atoms with Gasteiger partial charge >= 0.3 is 8.25 Å². The zero-order chi connectivity index (χ0) is 39.2. The van der Waals surface area contributed by atoms with Crippen molar-refractivity contribution in [2.24, 2.45) is 5.92 Å². The molecular weight excluding hydrogens is 737 g/mol. The third-order valence-electron chi connectivity index (χ3n) is 9.47. The minimum atomic E-state index is -3.12. The SMILES string of the molecule is COc1ccc(C(OC[C@@H]2C[C@H](O[PH](=O)Oc3ccccc3)[C@H](n3cnc4c(=O)[nH]c(NC(=O)C(C)C)nc43)O2)(c2ccccc2)c2ccc(OC)cc2)cc1. The van der Waals surface area contributed by atoms with Crippen LogP contribution in [0.2, 0.25) is 0 Å². The molecule has 0 saturated carbocycles. The van der Waals surface area contributed by atoms with Gasteiger partial charge in [-0.3, -0.25) is 29.0 Å². The number of carbonyl (C=O) groups is 1. The lowest BCUT2D eigenvalue weighted by Gasteiger charge is -2.37. The number of nitrogens with zero attached hydrogens (tertiary/aromatic N) is 3. The molecule has 4 aromatic carbocycles. The van der Waals surface area contributed by atoms with Crippen LogP contribution in [0.25, 0.3) is 11.2 Å². The van der Waals surface area contributed by atoms with Crippen molar-refractivity contribution in [1.82, 2.24) is 19.5 Å². The molecule has 0 bridgehead atoms. The predicted octanol–water partition coefficient (Wildman–Crippen LogP) is 6.88. The number of anilines is 1. The molecule has 1 aliphatic heterocycles. The lowest BCUT2D eigenvalue weighted by molar-refractivity contribution is -0.118. The maximum absolute atomic E-state index is 13.4. The van der Waals surface area contributed by atoms with Crippen molar-refractivity contribution in [3.63, 3.8) is 0 Å². The van der Waals surface area contributed by atoms with Gasteiger partial charge in [-0.15, -0.1) is 0 Å². The molecule has 4 atom stereocenters. The Morgan fingerprint density at radius 3 is 2.07 bits per heavy atom. The van der Waals surface area contributed by atoms with Gasteiger partial charge in [-0.05, 0) is 53.1 Å². The fourth-order valence-electron chi connectivity index (χ4n) is 6.63. The summed E-state index contributed by atoms with van der Waals surface area (Å²) in [6.07, 6.45) is -0.842. The van der Waals surface area contributed by atoms with Crippen LogP contribution < -0.4 is 24.9 Å². The number of para-hydroxylation sites is 1. The number of aromatic nitrogens is 4. The normalized spacial score (nSPS) is 17.5. The number of fused-ring (bicyclic) bond motifs is 1. The van der Waals surface area contributed by atoms with Gasteiger partial charge in [0.25, 0.3) is 5.56 Å². The average molecular weight is 780 g/mol. The van der Waals surface area contributed by atoms with Crippen LogP contribution in [-0.2, 0) is 29.0 Å². The van der Waals surface area contributed by atoms with E-state index in [1.807, 2.05) is 84.9 Å². The number of carbonyl (C=O) groups excluding carboxylic acids is 1. The monoisotopic (exact) mass is 779 g/mol. The second kappa shape index (κ2) is 16.9. The van der Waals surface area contributed by atoms with E-state index in [1.165, 1.54) is 10.9 Å². The van der Waals surface area contributed by atoms with Crippen LogP contribution in [0.3, 0.4) is 0 Å². The summed E-state index contributed by atoms with van der Waals surface area (Å²) in [5, 5.41) is 2.64. The highest BCUT2D eigenvalue weighted by Crippen LogP contribution is 2.44. The number of hydrogen-bond acceptors (Lipinski definition) is 11. The van der Waals surface area contributed by atoms with Gasteiger partial charge < -0.3 is 23.5 Å². The minimum absolute atomic E-state index is 0.0184. The van der Waals surface area contributed by atoms with Crippen molar-refractivity contribution >= 4 is 31.3 Å². The molecule has 14 nitrogen and oxygen atoms in total. The summed E-state index contributed by atoms with van der Waals surface area (Å²) in [5.41, 5.74) is 0.977. The molecule has 1 amide bonds. The standard InChI is InChI=1S/C41H42N5O9P/c1-26(2)37(47)44-40-43-36-35(38(48)45-40)42-25-46(36)39-34(55-56(49)54-32-13-9-6-10-14-32)23-33(53-39)24-52-41(27-11-7-5-8-12-27,28-15-19-30(50-3)20-16-28)29-17-21-31(51-4)22-18-29/h5-22,25-26,33-34,39,56H,23-24H2,1-4H3,(H2,43,44,45,47,48)/t33-,34-,39+/m0/s1. The molecule has 6 aromatic rings. The van der Waals surface area contributed by atoms with E-state index in [0.717, 1.165) is 16.7 Å². The van der Waals surface area contributed by atoms with E-state index in [0.29, 0.717) is 17.2 Å². The van der Waals surface area contributed by atoms with Gasteiger partial charge in [0.2, 0.25) is 11.9 Å². The maximum Gasteiger partial charge on any atom is 0.368 e. The number of H-pyrrole nitrogens is 1. The van der Waals surface area contributed by atoms with E-state index < -0.39 is 37.9 Å².